The fourth-order valence-electron chi connectivity index (χ4n) is 4.84. The number of urea groups is 1. The number of hydrogen-bond acceptors (Lipinski definition) is 6. The summed E-state index contributed by atoms with van der Waals surface area (Å²) in [6.07, 6.45) is 4.87. The number of benzene rings is 1. The second-order valence-electron chi connectivity index (χ2n) is 9.34. The van der Waals surface area contributed by atoms with E-state index in [2.05, 4.69) is 62.7 Å². The van der Waals surface area contributed by atoms with Crippen LogP contribution in [-0.4, -0.2) is 50.7 Å². The Labute approximate surface area is 219 Å². The first-order valence-corrected chi connectivity index (χ1v) is 13.4. The zero-order chi connectivity index (χ0) is 25.9. The van der Waals surface area contributed by atoms with Crippen molar-refractivity contribution in [2.75, 3.05) is 18.4 Å². The number of aromatic nitrogens is 3. The summed E-state index contributed by atoms with van der Waals surface area (Å²) >= 11 is 1.65. The number of amides is 3. The summed E-state index contributed by atoms with van der Waals surface area (Å²) in [5.74, 6) is -0.201. The molecule has 0 spiro atoms. The lowest BCUT2D eigenvalue weighted by Gasteiger charge is -2.32. The molecule has 1 aromatic carbocycles. The van der Waals surface area contributed by atoms with Gasteiger partial charge in [0.25, 0.3) is 5.91 Å². The number of rotatable bonds is 7. The number of aryl methyl sites for hydroxylation is 2. The lowest BCUT2D eigenvalue weighted by atomic mass is 9.99. The largest absolute Gasteiger partial charge is 0.381 e. The summed E-state index contributed by atoms with van der Waals surface area (Å²) in [4.78, 5) is 31.3. The molecule has 0 atom stereocenters. The zero-order valence-electron chi connectivity index (χ0n) is 21.0. The number of carbonyl (C=O) groups is 2. The number of fused-ring (bicyclic) bond motifs is 1. The van der Waals surface area contributed by atoms with Crippen molar-refractivity contribution in [3.8, 4) is 11.1 Å². The van der Waals surface area contributed by atoms with Gasteiger partial charge in [0.05, 0.1) is 22.8 Å². The van der Waals surface area contributed by atoms with Crippen molar-refractivity contribution < 1.29 is 9.59 Å². The minimum Gasteiger partial charge on any atom is -0.381 e. The van der Waals surface area contributed by atoms with Crippen molar-refractivity contribution >= 4 is 40.0 Å². The van der Waals surface area contributed by atoms with Crippen LogP contribution in [0.4, 0.5) is 10.5 Å². The summed E-state index contributed by atoms with van der Waals surface area (Å²) < 4.78 is 1.82. The molecule has 5 rings (SSSR count). The number of primary amides is 1. The standard InChI is InChI=1S/C27H31N7O2S/c1-3-34-25-22(15-31-34)24(32-20-6-9-33(10-7-20)27(28)36)23(14-29-25)26(35)30-13-18-5-4-17(2)12-21(18)19-8-11-37-16-19/h4-5,8,11-12,14-16,20H,3,6-7,9-10,13H2,1-2H3,(H2,28,36)(H,29,32)(H,30,35). The number of nitrogens with zero attached hydrogens (tertiary/aromatic N) is 4. The van der Waals surface area contributed by atoms with Crippen LogP contribution in [0.15, 0.2) is 47.4 Å². The van der Waals surface area contributed by atoms with Crippen molar-refractivity contribution in [3.63, 3.8) is 0 Å². The van der Waals surface area contributed by atoms with Gasteiger partial charge in [0.15, 0.2) is 5.65 Å². The molecule has 10 heteroatoms. The Balaban J connectivity index is 1.41. The van der Waals surface area contributed by atoms with Crippen LogP contribution in [0.1, 0.15) is 41.3 Å². The summed E-state index contributed by atoms with van der Waals surface area (Å²) in [6.45, 7) is 6.31. The van der Waals surface area contributed by atoms with Gasteiger partial charge in [-0.25, -0.2) is 14.5 Å². The first-order chi connectivity index (χ1) is 17.9. The molecular weight excluding hydrogens is 486 g/mol. The maximum atomic E-state index is 13.5. The van der Waals surface area contributed by atoms with Crippen LogP contribution in [-0.2, 0) is 13.1 Å². The molecule has 1 saturated heterocycles. The van der Waals surface area contributed by atoms with Crippen LogP contribution >= 0.6 is 11.3 Å². The summed E-state index contributed by atoms with van der Waals surface area (Å²) in [5, 5.41) is 16.1. The number of carbonyl (C=O) groups excluding carboxylic acids is 2. The molecule has 4 heterocycles. The van der Waals surface area contributed by atoms with Gasteiger partial charge in [-0.05, 0) is 60.2 Å². The molecule has 0 aliphatic carbocycles. The SMILES string of the molecule is CCn1ncc2c(NC3CCN(C(N)=O)CC3)c(C(=O)NCc3ccc(C)cc3-c3ccsc3)cnc21. The van der Waals surface area contributed by atoms with E-state index in [4.69, 9.17) is 5.73 Å². The highest BCUT2D eigenvalue weighted by Crippen LogP contribution is 2.30. The molecule has 192 valence electrons. The van der Waals surface area contributed by atoms with E-state index >= 15 is 0 Å². The number of piperidine rings is 1. The summed E-state index contributed by atoms with van der Waals surface area (Å²) in [5.41, 5.74) is 11.9. The molecule has 4 aromatic rings. The Bertz CT molecular complexity index is 1420. The van der Waals surface area contributed by atoms with Crippen LogP contribution in [0.5, 0.6) is 0 Å². The molecule has 0 unspecified atom stereocenters. The lowest BCUT2D eigenvalue weighted by Crippen LogP contribution is -2.44. The van der Waals surface area contributed by atoms with Gasteiger partial charge in [-0.3, -0.25) is 4.79 Å². The minimum atomic E-state index is -0.396. The van der Waals surface area contributed by atoms with Crippen LogP contribution in [0.25, 0.3) is 22.2 Å². The summed E-state index contributed by atoms with van der Waals surface area (Å²) in [7, 11) is 0. The smallest absolute Gasteiger partial charge is 0.314 e. The maximum absolute atomic E-state index is 13.5. The second-order valence-corrected chi connectivity index (χ2v) is 10.1. The monoisotopic (exact) mass is 517 g/mol. The van der Waals surface area contributed by atoms with Gasteiger partial charge < -0.3 is 21.3 Å². The van der Waals surface area contributed by atoms with Gasteiger partial charge in [-0.2, -0.15) is 16.4 Å². The van der Waals surface area contributed by atoms with E-state index in [1.54, 1.807) is 28.6 Å². The number of nitrogens with one attached hydrogen (secondary N) is 2. The van der Waals surface area contributed by atoms with Crippen LogP contribution < -0.4 is 16.4 Å². The number of anilines is 1. The van der Waals surface area contributed by atoms with Gasteiger partial charge in [-0.1, -0.05) is 23.8 Å². The quantitative estimate of drug-likeness (QED) is 0.336. The maximum Gasteiger partial charge on any atom is 0.314 e. The molecule has 0 bridgehead atoms. The Kier molecular flexibility index (Phi) is 7.09. The van der Waals surface area contributed by atoms with Crippen molar-refractivity contribution in [1.29, 1.82) is 0 Å². The minimum absolute atomic E-state index is 0.0972. The number of pyridine rings is 1. The highest BCUT2D eigenvalue weighted by molar-refractivity contribution is 7.08. The van der Waals surface area contributed by atoms with Gasteiger partial charge in [0, 0.05) is 38.4 Å². The van der Waals surface area contributed by atoms with E-state index in [-0.39, 0.29) is 11.9 Å². The van der Waals surface area contributed by atoms with Crippen molar-refractivity contribution in [3.05, 3.63) is 64.1 Å². The third-order valence-electron chi connectivity index (χ3n) is 6.90. The topological polar surface area (TPSA) is 118 Å². The van der Waals surface area contributed by atoms with Gasteiger partial charge in [-0.15, -0.1) is 0 Å². The number of nitrogens with two attached hydrogens (primary N) is 1. The number of hydrogen-bond donors (Lipinski definition) is 3. The molecule has 9 nitrogen and oxygen atoms in total. The van der Waals surface area contributed by atoms with E-state index in [9.17, 15) is 9.59 Å². The summed E-state index contributed by atoms with van der Waals surface area (Å²) in [6, 6.07) is 8.09. The van der Waals surface area contributed by atoms with Gasteiger partial charge in [0.1, 0.15) is 0 Å². The number of likely N-dealkylation sites (tertiary alicyclic amines) is 1. The highest BCUT2D eigenvalue weighted by atomic mass is 32.1. The average Bonchev–Trinajstić information content (AvgIpc) is 3.58. The molecule has 4 N–H and O–H groups in total. The third-order valence-corrected chi connectivity index (χ3v) is 7.59. The van der Waals surface area contributed by atoms with Gasteiger partial charge >= 0.3 is 6.03 Å². The van der Waals surface area contributed by atoms with E-state index in [0.717, 1.165) is 46.3 Å². The van der Waals surface area contributed by atoms with Crippen molar-refractivity contribution in [2.24, 2.45) is 5.73 Å². The Hall–Kier alpha value is -3.92. The lowest BCUT2D eigenvalue weighted by molar-refractivity contribution is 0.0951. The fourth-order valence-corrected chi connectivity index (χ4v) is 5.49. The normalized spacial score (nSPS) is 14.2. The van der Waals surface area contributed by atoms with Gasteiger partial charge in [0.2, 0.25) is 0 Å². The third kappa shape index (κ3) is 5.15. The second kappa shape index (κ2) is 10.6. The van der Waals surface area contributed by atoms with E-state index in [1.165, 1.54) is 5.56 Å². The van der Waals surface area contributed by atoms with Crippen molar-refractivity contribution in [1.82, 2.24) is 25.0 Å². The van der Waals surface area contributed by atoms with Crippen LogP contribution in [0.2, 0.25) is 0 Å². The first kappa shape index (κ1) is 24.8. The number of thiophene rings is 1. The Morgan fingerprint density at radius 1 is 1.19 bits per heavy atom. The Morgan fingerprint density at radius 3 is 2.70 bits per heavy atom. The highest BCUT2D eigenvalue weighted by Gasteiger charge is 2.25. The molecule has 1 aliphatic heterocycles. The predicted molar refractivity (Wildman–Crippen MR) is 147 cm³/mol. The van der Waals surface area contributed by atoms with E-state index < -0.39 is 6.03 Å². The molecule has 37 heavy (non-hydrogen) atoms. The van der Waals surface area contributed by atoms with Crippen molar-refractivity contribution in [2.45, 2.75) is 45.8 Å². The average molecular weight is 518 g/mol. The molecule has 3 aromatic heterocycles. The molecule has 0 saturated carbocycles. The molecule has 1 fully saturated rings. The first-order valence-electron chi connectivity index (χ1n) is 12.5. The van der Waals surface area contributed by atoms with E-state index in [1.807, 2.05) is 11.6 Å². The Morgan fingerprint density at radius 2 is 2.00 bits per heavy atom. The van der Waals surface area contributed by atoms with Crippen LogP contribution in [0, 0.1) is 6.92 Å². The molecule has 1 aliphatic rings. The molecule has 3 amide bonds. The fraction of sp³-hybridized carbons (Fsp3) is 0.333. The zero-order valence-corrected chi connectivity index (χ0v) is 21.8. The molecule has 0 radical (unpaired) electrons. The van der Waals surface area contributed by atoms with Crippen LogP contribution in [0.3, 0.4) is 0 Å². The molecular formula is C27H31N7O2S. The predicted octanol–water partition coefficient (Wildman–Crippen LogP) is 4.37. The van der Waals surface area contributed by atoms with E-state index in [0.29, 0.717) is 31.7 Å².